The molecule has 0 heterocycles. The number of carboxylic acid groups (broad SMARTS) is 1. The van der Waals surface area contributed by atoms with Crippen LogP contribution >= 0.6 is 0 Å². The second-order valence-electron chi connectivity index (χ2n) is 5.83. The van der Waals surface area contributed by atoms with E-state index in [-0.39, 0.29) is 0 Å². The Hall–Kier alpha value is -1.39. The van der Waals surface area contributed by atoms with Crippen molar-refractivity contribution < 1.29 is 20.1 Å². The summed E-state index contributed by atoms with van der Waals surface area (Å²) in [7, 11) is 0. The van der Waals surface area contributed by atoms with Crippen molar-refractivity contribution in [2.24, 2.45) is 5.41 Å². The number of carbonyl (C=O) groups is 1. The Balaban J connectivity index is 3.12. The number of aliphatic hydroxyl groups excluding tert-OH is 1. The number of allylic oxidation sites excluding steroid dienone is 2. The maximum Gasteiger partial charge on any atom is 0.328 e. The molecule has 4 heteroatoms. The predicted octanol–water partition coefficient (Wildman–Crippen LogP) is 2.04. The fourth-order valence-corrected chi connectivity index (χ4v) is 2.54. The van der Waals surface area contributed by atoms with E-state index in [0.717, 1.165) is 6.08 Å². The molecular formula is C15H22O4. The Morgan fingerprint density at radius 1 is 1.47 bits per heavy atom. The minimum absolute atomic E-state index is 0.451. The SMILES string of the molecule is CC1=C[C@@H](O)CC(C)(C)[C@@]1(O)/C=C/C(C)=C/C(=O)O. The summed E-state index contributed by atoms with van der Waals surface area (Å²) in [5, 5.41) is 29.2. The van der Waals surface area contributed by atoms with Crippen LogP contribution in [-0.4, -0.2) is 33.0 Å². The van der Waals surface area contributed by atoms with Gasteiger partial charge in [0.15, 0.2) is 0 Å². The number of hydrogen-bond acceptors (Lipinski definition) is 3. The van der Waals surface area contributed by atoms with Crippen molar-refractivity contribution in [2.45, 2.75) is 45.8 Å². The van der Waals surface area contributed by atoms with Crippen molar-refractivity contribution in [3.63, 3.8) is 0 Å². The Labute approximate surface area is 113 Å². The Bertz CT molecular complexity index is 457. The van der Waals surface area contributed by atoms with Gasteiger partial charge in [-0.25, -0.2) is 4.79 Å². The number of hydrogen-bond donors (Lipinski definition) is 3. The summed E-state index contributed by atoms with van der Waals surface area (Å²) in [6, 6.07) is 0. The Kier molecular flexibility index (Phi) is 4.38. The lowest BCUT2D eigenvalue weighted by molar-refractivity contribution is -0.131. The van der Waals surface area contributed by atoms with E-state index in [1.165, 1.54) is 0 Å². The molecule has 19 heavy (non-hydrogen) atoms. The van der Waals surface area contributed by atoms with E-state index in [4.69, 9.17) is 5.11 Å². The maximum absolute atomic E-state index is 10.8. The van der Waals surface area contributed by atoms with Crippen LogP contribution in [0.2, 0.25) is 0 Å². The van der Waals surface area contributed by atoms with Gasteiger partial charge in [0.2, 0.25) is 0 Å². The molecule has 0 radical (unpaired) electrons. The third-order valence-electron chi connectivity index (χ3n) is 3.73. The summed E-state index contributed by atoms with van der Waals surface area (Å²) in [4.78, 5) is 10.6. The van der Waals surface area contributed by atoms with E-state index in [2.05, 4.69) is 0 Å². The number of aliphatic carboxylic acids is 1. The molecule has 0 aromatic heterocycles. The highest BCUT2D eigenvalue weighted by molar-refractivity contribution is 5.81. The van der Waals surface area contributed by atoms with Gasteiger partial charge in [-0.1, -0.05) is 26.0 Å². The third kappa shape index (κ3) is 3.33. The van der Waals surface area contributed by atoms with Crippen LogP contribution in [0, 0.1) is 5.41 Å². The number of aliphatic hydroxyl groups is 2. The van der Waals surface area contributed by atoms with Gasteiger partial charge in [0, 0.05) is 11.5 Å². The molecular weight excluding hydrogens is 244 g/mol. The van der Waals surface area contributed by atoms with Crippen molar-refractivity contribution in [2.75, 3.05) is 0 Å². The van der Waals surface area contributed by atoms with Crippen molar-refractivity contribution in [3.8, 4) is 0 Å². The van der Waals surface area contributed by atoms with Gasteiger partial charge in [0.1, 0.15) is 5.60 Å². The average molecular weight is 266 g/mol. The minimum Gasteiger partial charge on any atom is -0.478 e. The zero-order valence-electron chi connectivity index (χ0n) is 11.8. The summed E-state index contributed by atoms with van der Waals surface area (Å²) >= 11 is 0. The molecule has 0 aromatic carbocycles. The zero-order valence-corrected chi connectivity index (χ0v) is 11.8. The molecule has 0 unspecified atom stereocenters. The molecule has 106 valence electrons. The zero-order chi connectivity index (χ0) is 14.8. The highest BCUT2D eigenvalue weighted by atomic mass is 16.4. The maximum atomic E-state index is 10.8. The summed E-state index contributed by atoms with van der Waals surface area (Å²) in [5.74, 6) is -1.01. The van der Waals surface area contributed by atoms with Gasteiger partial charge in [0.05, 0.1) is 6.10 Å². The van der Waals surface area contributed by atoms with Crippen LogP contribution < -0.4 is 0 Å². The molecule has 0 fully saturated rings. The van der Waals surface area contributed by atoms with Gasteiger partial charge >= 0.3 is 5.97 Å². The van der Waals surface area contributed by atoms with Crippen molar-refractivity contribution in [1.29, 1.82) is 0 Å². The van der Waals surface area contributed by atoms with Gasteiger partial charge in [-0.05, 0) is 37.5 Å². The Morgan fingerprint density at radius 2 is 2.05 bits per heavy atom. The van der Waals surface area contributed by atoms with E-state index in [0.29, 0.717) is 17.6 Å². The quantitative estimate of drug-likeness (QED) is 0.415. The first kappa shape index (κ1) is 15.7. The topological polar surface area (TPSA) is 77.8 Å². The lowest BCUT2D eigenvalue weighted by Gasteiger charge is -2.46. The molecule has 0 spiro atoms. The molecule has 0 bridgehead atoms. The molecule has 0 aliphatic heterocycles. The van der Waals surface area contributed by atoms with Gasteiger partial charge in [-0.3, -0.25) is 0 Å². The monoisotopic (exact) mass is 266 g/mol. The molecule has 0 amide bonds. The van der Waals surface area contributed by atoms with Gasteiger partial charge in [-0.15, -0.1) is 0 Å². The summed E-state index contributed by atoms with van der Waals surface area (Å²) in [6.45, 7) is 7.20. The average Bonchev–Trinajstić information content (AvgIpc) is 2.21. The smallest absolute Gasteiger partial charge is 0.328 e. The van der Waals surface area contributed by atoms with Crippen molar-refractivity contribution >= 4 is 5.97 Å². The van der Waals surface area contributed by atoms with E-state index in [1.54, 1.807) is 32.1 Å². The van der Waals surface area contributed by atoms with Crippen molar-refractivity contribution in [1.82, 2.24) is 0 Å². The molecule has 3 N–H and O–H groups in total. The molecule has 4 nitrogen and oxygen atoms in total. The molecule has 0 aromatic rings. The second kappa shape index (κ2) is 5.31. The fraction of sp³-hybridized carbons (Fsp3) is 0.533. The first-order valence-corrected chi connectivity index (χ1v) is 6.28. The van der Waals surface area contributed by atoms with E-state index >= 15 is 0 Å². The van der Waals surface area contributed by atoms with Crippen LogP contribution in [0.4, 0.5) is 0 Å². The summed E-state index contributed by atoms with van der Waals surface area (Å²) in [6.07, 6.45) is 5.84. The molecule has 0 saturated heterocycles. The molecule has 2 atom stereocenters. The molecule has 1 aliphatic carbocycles. The standard InChI is InChI=1S/C15H22O4/c1-10(7-13(17)18)5-6-15(19)11(2)8-12(16)9-14(15,3)4/h5-8,12,16,19H,9H2,1-4H3,(H,17,18)/b6-5+,10-7+/t12-,15-/m1/s1. The highest BCUT2D eigenvalue weighted by Crippen LogP contribution is 2.45. The van der Waals surface area contributed by atoms with Gasteiger partial charge in [0.25, 0.3) is 0 Å². The minimum atomic E-state index is -1.18. The van der Waals surface area contributed by atoms with Gasteiger partial charge in [-0.2, -0.15) is 0 Å². The fourth-order valence-electron chi connectivity index (χ4n) is 2.54. The summed E-state index contributed by atoms with van der Waals surface area (Å²) < 4.78 is 0. The normalized spacial score (nSPS) is 31.4. The van der Waals surface area contributed by atoms with E-state index < -0.39 is 23.1 Å². The number of rotatable bonds is 3. The lowest BCUT2D eigenvalue weighted by Crippen LogP contribution is -2.48. The van der Waals surface area contributed by atoms with Crippen molar-refractivity contribution in [3.05, 3.63) is 35.5 Å². The second-order valence-corrected chi connectivity index (χ2v) is 5.83. The summed E-state index contributed by atoms with van der Waals surface area (Å²) in [5.41, 5.74) is -0.475. The van der Waals surface area contributed by atoms with Crippen LogP contribution in [0.1, 0.15) is 34.1 Å². The van der Waals surface area contributed by atoms with Gasteiger partial charge < -0.3 is 15.3 Å². The van der Waals surface area contributed by atoms with Crippen LogP contribution in [0.5, 0.6) is 0 Å². The molecule has 1 rings (SSSR count). The number of carboxylic acids is 1. The van der Waals surface area contributed by atoms with Crippen LogP contribution in [0.3, 0.4) is 0 Å². The lowest BCUT2D eigenvalue weighted by atomic mass is 9.64. The van der Waals surface area contributed by atoms with Crippen LogP contribution in [0.15, 0.2) is 35.5 Å². The van der Waals surface area contributed by atoms with Crippen LogP contribution in [-0.2, 0) is 4.79 Å². The predicted molar refractivity (Wildman–Crippen MR) is 73.6 cm³/mol. The third-order valence-corrected chi connectivity index (χ3v) is 3.73. The van der Waals surface area contributed by atoms with Crippen LogP contribution in [0.25, 0.3) is 0 Å². The molecule has 1 aliphatic rings. The van der Waals surface area contributed by atoms with E-state index in [9.17, 15) is 15.0 Å². The largest absolute Gasteiger partial charge is 0.478 e. The highest BCUT2D eigenvalue weighted by Gasteiger charge is 2.46. The molecule has 0 saturated carbocycles. The van der Waals surface area contributed by atoms with E-state index in [1.807, 2.05) is 13.8 Å². The first-order valence-electron chi connectivity index (χ1n) is 6.28. The Morgan fingerprint density at radius 3 is 2.53 bits per heavy atom. The first-order chi connectivity index (χ1) is 8.58.